The molecule has 2 rings (SSSR count). The van der Waals surface area contributed by atoms with Crippen molar-refractivity contribution in [3.8, 4) is 0 Å². The maximum atomic E-state index is 12.4. The number of pyridine rings is 1. The van der Waals surface area contributed by atoms with Crippen LogP contribution in [0.1, 0.15) is 42.5 Å². The van der Waals surface area contributed by atoms with Crippen LogP contribution in [0.25, 0.3) is 0 Å². The molecule has 1 aromatic rings. The number of nitrogen functional groups attached to an aromatic ring is 1. The number of rotatable bonds is 2. The Morgan fingerprint density at radius 2 is 2.06 bits per heavy atom. The average molecular weight is 233 g/mol. The Morgan fingerprint density at radius 1 is 1.29 bits per heavy atom. The van der Waals surface area contributed by atoms with Crippen LogP contribution in [0.15, 0.2) is 18.5 Å². The van der Waals surface area contributed by atoms with E-state index >= 15 is 0 Å². The van der Waals surface area contributed by atoms with Crippen LogP contribution in [0.3, 0.4) is 0 Å². The molecule has 0 aliphatic heterocycles. The van der Waals surface area contributed by atoms with Gasteiger partial charge in [-0.1, -0.05) is 19.3 Å². The van der Waals surface area contributed by atoms with Crippen molar-refractivity contribution in [1.82, 2.24) is 4.98 Å². The van der Waals surface area contributed by atoms with Crippen LogP contribution in [-0.2, 0) is 0 Å². The molecule has 2 atom stereocenters. The topological polar surface area (TPSA) is 82.0 Å². The van der Waals surface area contributed by atoms with Gasteiger partial charge in [-0.3, -0.25) is 9.78 Å². The van der Waals surface area contributed by atoms with Crippen molar-refractivity contribution in [2.24, 2.45) is 11.7 Å². The van der Waals surface area contributed by atoms with Gasteiger partial charge in [0.1, 0.15) is 0 Å². The molecule has 1 heterocycles. The van der Waals surface area contributed by atoms with Gasteiger partial charge < -0.3 is 11.5 Å². The minimum Gasteiger partial charge on any atom is -0.398 e. The zero-order valence-corrected chi connectivity index (χ0v) is 9.93. The van der Waals surface area contributed by atoms with E-state index in [2.05, 4.69) is 4.98 Å². The molecule has 1 aliphatic carbocycles. The lowest BCUT2D eigenvalue weighted by Gasteiger charge is -2.20. The lowest BCUT2D eigenvalue weighted by molar-refractivity contribution is 0.0895. The van der Waals surface area contributed by atoms with E-state index in [1.165, 1.54) is 6.42 Å². The van der Waals surface area contributed by atoms with E-state index in [4.69, 9.17) is 11.5 Å². The molecule has 1 fully saturated rings. The minimum atomic E-state index is -0.0935. The zero-order chi connectivity index (χ0) is 12.3. The summed E-state index contributed by atoms with van der Waals surface area (Å²) >= 11 is 0. The predicted octanol–water partition coefficient (Wildman–Crippen LogP) is 1.75. The number of hydrogen-bond donors (Lipinski definition) is 2. The van der Waals surface area contributed by atoms with Gasteiger partial charge >= 0.3 is 0 Å². The molecule has 1 aromatic heterocycles. The van der Waals surface area contributed by atoms with Crippen molar-refractivity contribution < 1.29 is 4.79 Å². The standard InChI is InChI=1S/C13H19N3O/c14-11-5-3-1-2-4-9(11)13(17)10-8-16-7-6-12(10)15/h6-9,11H,1-5,14H2,(H2,15,16). The normalized spacial score (nSPS) is 25.2. The average Bonchev–Trinajstić information content (AvgIpc) is 2.54. The quantitative estimate of drug-likeness (QED) is 0.602. The first-order valence-electron chi connectivity index (χ1n) is 6.19. The molecule has 0 saturated heterocycles. The molecular formula is C13H19N3O. The van der Waals surface area contributed by atoms with E-state index in [0.717, 1.165) is 25.7 Å². The number of hydrogen-bond acceptors (Lipinski definition) is 4. The SMILES string of the molecule is Nc1ccncc1C(=O)C1CCCCCC1N. The maximum Gasteiger partial charge on any atom is 0.171 e. The second-order valence-corrected chi connectivity index (χ2v) is 4.74. The highest BCUT2D eigenvalue weighted by Crippen LogP contribution is 2.26. The van der Waals surface area contributed by atoms with Crippen molar-refractivity contribution in [3.05, 3.63) is 24.0 Å². The first kappa shape index (κ1) is 12.0. The molecule has 4 heteroatoms. The number of Topliss-reactive ketones (excluding diaryl/α,β-unsaturated/α-hetero) is 1. The number of nitrogens with zero attached hydrogens (tertiary/aromatic N) is 1. The largest absolute Gasteiger partial charge is 0.398 e. The number of nitrogens with two attached hydrogens (primary N) is 2. The Balaban J connectivity index is 2.21. The highest BCUT2D eigenvalue weighted by Gasteiger charge is 2.28. The third kappa shape index (κ3) is 2.64. The van der Waals surface area contributed by atoms with E-state index in [1.807, 2.05) is 0 Å². The van der Waals surface area contributed by atoms with Crippen LogP contribution in [0.5, 0.6) is 0 Å². The van der Waals surface area contributed by atoms with Gasteiger partial charge in [0.05, 0.1) is 5.56 Å². The van der Waals surface area contributed by atoms with Crippen molar-refractivity contribution >= 4 is 11.5 Å². The Kier molecular flexibility index (Phi) is 3.74. The summed E-state index contributed by atoms with van der Waals surface area (Å²) in [6.07, 6.45) is 8.30. The molecule has 0 bridgehead atoms. The molecule has 1 saturated carbocycles. The van der Waals surface area contributed by atoms with Gasteiger partial charge in [-0.05, 0) is 18.9 Å². The van der Waals surface area contributed by atoms with E-state index in [9.17, 15) is 4.79 Å². The molecule has 0 aromatic carbocycles. The van der Waals surface area contributed by atoms with Crippen LogP contribution < -0.4 is 11.5 Å². The minimum absolute atomic E-state index is 0.0374. The maximum absolute atomic E-state index is 12.4. The van der Waals surface area contributed by atoms with Crippen molar-refractivity contribution in [2.75, 3.05) is 5.73 Å². The van der Waals surface area contributed by atoms with Crippen LogP contribution in [-0.4, -0.2) is 16.8 Å². The summed E-state index contributed by atoms with van der Waals surface area (Å²) < 4.78 is 0. The fourth-order valence-corrected chi connectivity index (χ4v) is 2.47. The monoisotopic (exact) mass is 233 g/mol. The molecule has 0 amide bonds. The number of ketones is 1. The highest BCUT2D eigenvalue weighted by molar-refractivity contribution is 6.02. The molecule has 0 radical (unpaired) electrons. The summed E-state index contributed by atoms with van der Waals surface area (Å²) in [4.78, 5) is 16.4. The van der Waals surface area contributed by atoms with E-state index < -0.39 is 0 Å². The predicted molar refractivity (Wildman–Crippen MR) is 67.5 cm³/mol. The summed E-state index contributed by atoms with van der Waals surface area (Å²) in [6, 6.07) is 1.62. The van der Waals surface area contributed by atoms with E-state index in [-0.39, 0.29) is 17.7 Å². The summed E-state index contributed by atoms with van der Waals surface area (Å²) in [6.45, 7) is 0. The molecule has 0 spiro atoms. The van der Waals surface area contributed by atoms with Gasteiger partial charge in [-0.2, -0.15) is 0 Å². The molecule has 92 valence electrons. The summed E-state index contributed by atoms with van der Waals surface area (Å²) in [5.41, 5.74) is 12.9. The fourth-order valence-electron chi connectivity index (χ4n) is 2.47. The number of anilines is 1. The molecule has 2 unspecified atom stereocenters. The highest BCUT2D eigenvalue weighted by atomic mass is 16.1. The lowest BCUT2D eigenvalue weighted by atomic mass is 9.88. The Morgan fingerprint density at radius 3 is 2.82 bits per heavy atom. The molecule has 1 aliphatic rings. The summed E-state index contributed by atoms with van der Waals surface area (Å²) in [7, 11) is 0. The second-order valence-electron chi connectivity index (χ2n) is 4.74. The van der Waals surface area contributed by atoms with Gasteiger partial charge in [-0.15, -0.1) is 0 Å². The molecular weight excluding hydrogens is 214 g/mol. The molecule has 4 N–H and O–H groups in total. The second kappa shape index (κ2) is 5.27. The van der Waals surface area contributed by atoms with E-state index in [1.54, 1.807) is 18.5 Å². The third-order valence-corrected chi connectivity index (χ3v) is 3.53. The summed E-state index contributed by atoms with van der Waals surface area (Å²) in [5.74, 6) is -0.0333. The smallest absolute Gasteiger partial charge is 0.171 e. The molecule has 4 nitrogen and oxygen atoms in total. The van der Waals surface area contributed by atoms with Gasteiger partial charge in [0, 0.05) is 30.0 Å². The van der Waals surface area contributed by atoms with Crippen LogP contribution >= 0.6 is 0 Å². The number of carbonyl (C=O) groups is 1. The van der Waals surface area contributed by atoms with Gasteiger partial charge in [-0.25, -0.2) is 0 Å². The number of carbonyl (C=O) groups excluding carboxylic acids is 1. The van der Waals surface area contributed by atoms with Crippen LogP contribution in [0.4, 0.5) is 5.69 Å². The van der Waals surface area contributed by atoms with Crippen molar-refractivity contribution in [1.29, 1.82) is 0 Å². The Hall–Kier alpha value is -1.42. The van der Waals surface area contributed by atoms with Gasteiger partial charge in [0.2, 0.25) is 0 Å². The van der Waals surface area contributed by atoms with Crippen molar-refractivity contribution in [2.45, 2.75) is 38.1 Å². The molecule has 17 heavy (non-hydrogen) atoms. The van der Waals surface area contributed by atoms with Crippen molar-refractivity contribution in [3.63, 3.8) is 0 Å². The van der Waals surface area contributed by atoms with E-state index in [0.29, 0.717) is 11.3 Å². The summed E-state index contributed by atoms with van der Waals surface area (Å²) in [5, 5.41) is 0. The zero-order valence-electron chi connectivity index (χ0n) is 9.93. The van der Waals surface area contributed by atoms with Crippen LogP contribution in [0.2, 0.25) is 0 Å². The lowest BCUT2D eigenvalue weighted by Crippen LogP contribution is -2.35. The third-order valence-electron chi connectivity index (χ3n) is 3.53. The van der Waals surface area contributed by atoms with Gasteiger partial charge in [0.25, 0.3) is 0 Å². The van der Waals surface area contributed by atoms with Gasteiger partial charge in [0.15, 0.2) is 5.78 Å². The fraction of sp³-hybridized carbons (Fsp3) is 0.538. The first-order chi connectivity index (χ1) is 8.20. The Labute approximate surface area is 101 Å². The number of aromatic nitrogens is 1. The Bertz CT molecular complexity index is 405. The first-order valence-corrected chi connectivity index (χ1v) is 6.19. The van der Waals surface area contributed by atoms with Crippen LogP contribution in [0, 0.1) is 5.92 Å².